The van der Waals surface area contributed by atoms with E-state index in [9.17, 15) is 8.42 Å². The minimum Gasteiger partial charge on any atom is -0.373 e. The van der Waals surface area contributed by atoms with Crippen LogP contribution in [0.4, 0.5) is 5.82 Å². The van der Waals surface area contributed by atoms with Crippen molar-refractivity contribution in [3.63, 3.8) is 0 Å². The SMILES string of the molecule is CCC(CC)CNS(=O)(=O)c1ccc(NC)nc1. The monoisotopic (exact) mass is 271 g/mol. The molecule has 18 heavy (non-hydrogen) atoms. The van der Waals surface area contributed by atoms with Gasteiger partial charge in [0.1, 0.15) is 10.7 Å². The third kappa shape index (κ3) is 3.96. The van der Waals surface area contributed by atoms with Crippen molar-refractivity contribution >= 4 is 15.8 Å². The molecule has 1 aromatic rings. The van der Waals surface area contributed by atoms with Crippen molar-refractivity contribution < 1.29 is 8.42 Å². The minimum atomic E-state index is -3.44. The van der Waals surface area contributed by atoms with Gasteiger partial charge in [0.15, 0.2) is 0 Å². The molecule has 0 aliphatic carbocycles. The Morgan fingerprint density at radius 1 is 1.28 bits per heavy atom. The molecule has 102 valence electrons. The van der Waals surface area contributed by atoms with E-state index in [1.165, 1.54) is 6.20 Å². The van der Waals surface area contributed by atoms with Gasteiger partial charge >= 0.3 is 0 Å². The van der Waals surface area contributed by atoms with Gasteiger partial charge in [0.05, 0.1) is 0 Å². The zero-order valence-electron chi connectivity index (χ0n) is 11.1. The van der Waals surface area contributed by atoms with E-state index in [1.54, 1.807) is 19.2 Å². The van der Waals surface area contributed by atoms with Crippen molar-refractivity contribution in [2.75, 3.05) is 18.9 Å². The second-order valence-electron chi connectivity index (χ2n) is 4.16. The van der Waals surface area contributed by atoms with Gasteiger partial charge in [0.2, 0.25) is 10.0 Å². The molecule has 6 heteroatoms. The smallest absolute Gasteiger partial charge is 0.242 e. The Morgan fingerprint density at radius 2 is 1.94 bits per heavy atom. The maximum Gasteiger partial charge on any atom is 0.242 e. The van der Waals surface area contributed by atoms with Crippen LogP contribution in [-0.2, 0) is 10.0 Å². The number of anilines is 1. The standard InChI is InChI=1S/C12H21N3O2S/c1-4-10(5-2)8-15-18(16,17)11-6-7-12(13-3)14-9-11/h6-7,9-10,15H,4-5,8H2,1-3H3,(H,13,14). The summed E-state index contributed by atoms with van der Waals surface area (Å²) in [4.78, 5) is 4.20. The van der Waals surface area contributed by atoms with Crippen LogP contribution in [0.2, 0.25) is 0 Å². The summed E-state index contributed by atoms with van der Waals surface area (Å²) in [5, 5.41) is 2.85. The van der Waals surface area contributed by atoms with Gasteiger partial charge in [-0.1, -0.05) is 26.7 Å². The van der Waals surface area contributed by atoms with Crippen molar-refractivity contribution in [1.29, 1.82) is 0 Å². The first-order chi connectivity index (χ1) is 8.53. The molecule has 0 saturated heterocycles. The molecule has 0 bridgehead atoms. The Bertz CT molecular complexity index is 453. The number of hydrogen-bond donors (Lipinski definition) is 2. The average molecular weight is 271 g/mol. The number of nitrogens with zero attached hydrogens (tertiary/aromatic N) is 1. The summed E-state index contributed by atoms with van der Waals surface area (Å²) in [6, 6.07) is 3.19. The fraction of sp³-hybridized carbons (Fsp3) is 0.583. The van der Waals surface area contributed by atoms with E-state index >= 15 is 0 Å². The molecule has 1 rings (SSSR count). The molecule has 0 radical (unpaired) electrons. The maximum atomic E-state index is 12.0. The Hall–Kier alpha value is -1.14. The predicted octanol–water partition coefficient (Wildman–Crippen LogP) is 1.84. The van der Waals surface area contributed by atoms with Crippen LogP contribution in [0.25, 0.3) is 0 Å². The highest BCUT2D eigenvalue weighted by Gasteiger charge is 2.15. The molecule has 0 spiro atoms. The van der Waals surface area contributed by atoms with Crippen LogP contribution in [0.5, 0.6) is 0 Å². The topological polar surface area (TPSA) is 71.1 Å². The highest BCUT2D eigenvalue weighted by Crippen LogP contribution is 2.12. The second-order valence-corrected chi connectivity index (χ2v) is 5.93. The first-order valence-corrected chi connectivity index (χ1v) is 7.65. The lowest BCUT2D eigenvalue weighted by Crippen LogP contribution is -2.29. The van der Waals surface area contributed by atoms with E-state index in [4.69, 9.17) is 0 Å². The zero-order chi connectivity index (χ0) is 13.6. The van der Waals surface area contributed by atoms with Crippen LogP contribution in [0.15, 0.2) is 23.2 Å². The number of rotatable bonds is 7. The lowest BCUT2D eigenvalue weighted by atomic mass is 10.0. The molecule has 0 aliphatic rings. The quantitative estimate of drug-likeness (QED) is 0.794. The molecule has 0 aromatic carbocycles. The molecule has 2 N–H and O–H groups in total. The van der Waals surface area contributed by atoms with E-state index in [0.29, 0.717) is 18.3 Å². The van der Waals surface area contributed by atoms with E-state index in [0.717, 1.165) is 12.8 Å². The van der Waals surface area contributed by atoms with Crippen molar-refractivity contribution in [2.24, 2.45) is 5.92 Å². The highest BCUT2D eigenvalue weighted by atomic mass is 32.2. The van der Waals surface area contributed by atoms with Crippen molar-refractivity contribution in [1.82, 2.24) is 9.71 Å². The summed E-state index contributed by atoms with van der Waals surface area (Å²) >= 11 is 0. The van der Waals surface area contributed by atoms with Crippen molar-refractivity contribution in [3.05, 3.63) is 18.3 Å². The first-order valence-electron chi connectivity index (χ1n) is 6.17. The van der Waals surface area contributed by atoms with E-state index in [1.807, 2.05) is 0 Å². The fourth-order valence-electron chi connectivity index (χ4n) is 1.58. The van der Waals surface area contributed by atoms with Gasteiger partial charge < -0.3 is 5.32 Å². The minimum absolute atomic E-state index is 0.201. The number of pyridine rings is 1. The van der Waals surface area contributed by atoms with E-state index in [-0.39, 0.29) is 4.90 Å². The van der Waals surface area contributed by atoms with Crippen LogP contribution < -0.4 is 10.0 Å². The van der Waals surface area contributed by atoms with Gasteiger partial charge in [0, 0.05) is 19.8 Å². The van der Waals surface area contributed by atoms with Crippen LogP contribution in [0.1, 0.15) is 26.7 Å². The summed E-state index contributed by atoms with van der Waals surface area (Å²) in [5.74, 6) is 1.03. The van der Waals surface area contributed by atoms with Gasteiger partial charge in [-0.2, -0.15) is 0 Å². The van der Waals surface area contributed by atoms with E-state index in [2.05, 4.69) is 28.9 Å². The van der Waals surface area contributed by atoms with Gasteiger partial charge in [-0.05, 0) is 18.1 Å². The Morgan fingerprint density at radius 3 is 2.39 bits per heavy atom. The Labute approximate surface area is 109 Å². The number of hydrogen-bond acceptors (Lipinski definition) is 4. The number of aromatic nitrogens is 1. The first kappa shape index (κ1) is 14.9. The lowest BCUT2D eigenvalue weighted by molar-refractivity contribution is 0.479. The van der Waals surface area contributed by atoms with Crippen LogP contribution in [-0.4, -0.2) is 27.0 Å². The molecule has 0 aliphatic heterocycles. The lowest BCUT2D eigenvalue weighted by Gasteiger charge is -2.13. The second kappa shape index (κ2) is 6.70. The average Bonchev–Trinajstić information content (AvgIpc) is 2.40. The predicted molar refractivity (Wildman–Crippen MR) is 73.0 cm³/mol. The van der Waals surface area contributed by atoms with Crippen molar-refractivity contribution in [3.8, 4) is 0 Å². The van der Waals surface area contributed by atoms with Crippen LogP contribution in [0, 0.1) is 5.92 Å². The molecular weight excluding hydrogens is 250 g/mol. The van der Waals surface area contributed by atoms with Gasteiger partial charge in [0.25, 0.3) is 0 Å². The highest BCUT2D eigenvalue weighted by molar-refractivity contribution is 7.89. The number of sulfonamides is 1. The summed E-state index contributed by atoms with van der Waals surface area (Å²) in [5.41, 5.74) is 0. The normalized spacial score (nSPS) is 11.8. The summed E-state index contributed by atoms with van der Waals surface area (Å²) in [6.07, 6.45) is 3.30. The molecule has 0 fully saturated rings. The molecule has 1 aromatic heterocycles. The third-order valence-electron chi connectivity index (χ3n) is 3.02. The third-order valence-corrected chi connectivity index (χ3v) is 4.43. The Kier molecular flexibility index (Phi) is 5.55. The summed E-state index contributed by atoms with van der Waals surface area (Å²) < 4.78 is 26.6. The van der Waals surface area contributed by atoms with Gasteiger partial charge in [-0.25, -0.2) is 18.1 Å². The number of nitrogens with one attached hydrogen (secondary N) is 2. The maximum absolute atomic E-state index is 12.0. The molecule has 0 saturated carbocycles. The molecule has 5 nitrogen and oxygen atoms in total. The van der Waals surface area contributed by atoms with Gasteiger partial charge in [-0.15, -0.1) is 0 Å². The van der Waals surface area contributed by atoms with Crippen LogP contribution in [0.3, 0.4) is 0 Å². The summed E-state index contributed by atoms with van der Waals surface area (Å²) in [6.45, 7) is 4.60. The molecule has 1 heterocycles. The largest absolute Gasteiger partial charge is 0.373 e. The van der Waals surface area contributed by atoms with Crippen molar-refractivity contribution in [2.45, 2.75) is 31.6 Å². The molecule has 0 unspecified atom stereocenters. The molecule has 0 amide bonds. The molecule has 0 atom stereocenters. The summed E-state index contributed by atoms with van der Waals surface area (Å²) in [7, 11) is -1.70. The fourth-order valence-corrected chi connectivity index (χ4v) is 2.64. The Balaban J connectivity index is 2.73. The van der Waals surface area contributed by atoms with Gasteiger partial charge in [-0.3, -0.25) is 0 Å². The molecular formula is C12H21N3O2S. The zero-order valence-corrected chi connectivity index (χ0v) is 11.9. The van der Waals surface area contributed by atoms with Crippen LogP contribution >= 0.6 is 0 Å². The van der Waals surface area contributed by atoms with E-state index < -0.39 is 10.0 Å².